The first-order valence-electron chi connectivity index (χ1n) is 8.46. The second-order valence-electron chi connectivity index (χ2n) is 6.10. The van der Waals surface area contributed by atoms with Crippen molar-refractivity contribution in [3.05, 3.63) is 59.9 Å². The highest BCUT2D eigenvalue weighted by Gasteiger charge is 2.28. The Bertz CT molecular complexity index is 879. The first-order chi connectivity index (χ1) is 13.0. The second-order valence-corrected chi connectivity index (χ2v) is 6.10. The van der Waals surface area contributed by atoms with Gasteiger partial charge in [-0.25, -0.2) is 4.39 Å². The van der Waals surface area contributed by atoms with Crippen molar-refractivity contribution in [2.75, 3.05) is 36.8 Å². The maximum absolute atomic E-state index is 13.9. The number of halogens is 1. The molecule has 7 nitrogen and oxygen atoms in total. The Labute approximate surface area is 155 Å². The average molecular weight is 370 g/mol. The third-order valence-corrected chi connectivity index (χ3v) is 4.39. The lowest BCUT2D eigenvalue weighted by molar-refractivity contribution is -0.145. The molecule has 0 spiro atoms. The van der Waals surface area contributed by atoms with Gasteiger partial charge in [-0.3, -0.25) is 19.7 Å². The highest BCUT2D eigenvalue weighted by Crippen LogP contribution is 2.20. The molecule has 1 heterocycles. The van der Waals surface area contributed by atoms with Crippen molar-refractivity contribution in [2.45, 2.75) is 0 Å². The zero-order valence-corrected chi connectivity index (χ0v) is 14.5. The van der Waals surface area contributed by atoms with Crippen LogP contribution in [0.15, 0.2) is 48.5 Å². The van der Waals surface area contributed by atoms with Gasteiger partial charge in [0.1, 0.15) is 5.82 Å². The maximum Gasteiger partial charge on any atom is 0.316 e. The predicted molar refractivity (Wildman–Crippen MR) is 98.5 cm³/mol. The van der Waals surface area contributed by atoms with Crippen LogP contribution in [0.3, 0.4) is 0 Å². The molecule has 2 aromatic carbocycles. The monoisotopic (exact) mass is 370 g/mol. The summed E-state index contributed by atoms with van der Waals surface area (Å²) in [5.74, 6) is -2.87. The van der Waals surface area contributed by atoms with Gasteiger partial charge >= 0.3 is 11.8 Å². The third kappa shape index (κ3) is 4.05. The summed E-state index contributed by atoms with van der Waals surface area (Å²) >= 11 is 0. The van der Waals surface area contributed by atoms with Gasteiger partial charge in [0.15, 0.2) is 0 Å². The predicted octanol–water partition coefficient (Wildman–Crippen LogP) is 1.01. The van der Waals surface area contributed by atoms with E-state index in [1.807, 2.05) is 4.90 Å². The fraction of sp³-hybridized carbons (Fsp3) is 0.211. The van der Waals surface area contributed by atoms with Crippen LogP contribution in [0.2, 0.25) is 0 Å². The molecule has 0 aromatic heterocycles. The third-order valence-electron chi connectivity index (χ3n) is 4.39. The molecule has 0 atom stereocenters. The van der Waals surface area contributed by atoms with Gasteiger partial charge in [-0.2, -0.15) is 0 Å². The van der Waals surface area contributed by atoms with E-state index >= 15 is 0 Å². The number of rotatable bonds is 2. The molecule has 3 N–H and O–H groups in total. The van der Waals surface area contributed by atoms with Crippen molar-refractivity contribution in [3.8, 4) is 0 Å². The Kier molecular flexibility index (Phi) is 5.35. The van der Waals surface area contributed by atoms with Crippen molar-refractivity contribution in [1.29, 1.82) is 0 Å². The standard InChI is InChI=1S/C19H19FN4O3/c20-14-6-2-4-8-16(14)23-9-11-24(12-10-23)19(27)18(26)22-17(25)13-5-1-3-7-15(13)21/h1-8H,9-12,21H2,(H,22,25,26). The number of piperazine rings is 1. The lowest BCUT2D eigenvalue weighted by Crippen LogP contribution is -2.53. The van der Waals surface area contributed by atoms with E-state index < -0.39 is 17.7 Å². The number of anilines is 2. The van der Waals surface area contributed by atoms with Crippen LogP contribution in [0.25, 0.3) is 0 Å². The summed E-state index contributed by atoms with van der Waals surface area (Å²) in [7, 11) is 0. The molecule has 1 aliphatic rings. The summed E-state index contributed by atoms with van der Waals surface area (Å²) in [5.41, 5.74) is 6.50. The van der Waals surface area contributed by atoms with Crippen LogP contribution in [0.4, 0.5) is 15.8 Å². The normalized spacial score (nSPS) is 14.0. The molecule has 1 fully saturated rings. The van der Waals surface area contributed by atoms with Gasteiger partial charge in [0.05, 0.1) is 11.3 Å². The van der Waals surface area contributed by atoms with Crippen molar-refractivity contribution in [3.63, 3.8) is 0 Å². The van der Waals surface area contributed by atoms with E-state index in [2.05, 4.69) is 5.32 Å². The number of nitrogens with zero attached hydrogens (tertiary/aromatic N) is 2. The Morgan fingerprint density at radius 1 is 0.926 bits per heavy atom. The number of hydrogen-bond acceptors (Lipinski definition) is 5. The summed E-state index contributed by atoms with van der Waals surface area (Å²) in [5, 5.41) is 2.06. The van der Waals surface area contributed by atoms with Crippen molar-refractivity contribution < 1.29 is 18.8 Å². The number of hydrogen-bond donors (Lipinski definition) is 2. The fourth-order valence-corrected chi connectivity index (χ4v) is 2.93. The highest BCUT2D eigenvalue weighted by molar-refractivity contribution is 6.38. The SMILES string of the molecule is Nc1ccccc1C(=O)NC(=O)C(=O)N1CCN(c2ccccc2F)CC1. The second kappa shape index (κ2) is 7.86. The van der Waals surface area contributed by atoms with E-state index in [-0.39, 0.29) is 30.2 Å². The summed E-state index contributed by atoms with van der Waals surface area (Å²) in [6.07, 6.45) is 0. The Morgan fingerprint density at radius 2 is 1.56 bits per heavy atom. The van der Waals surface area contributed by atoms with Crippen LogP contribution in [-0.2, 0) is 9.59 Å². The summed E-state index contributed by atoms with van der Waals surface area (Å²) in [6, 6.07) is 12.7. The van der Waals surface area contributed by atoms with Gasteiger partial charge in [0.2, 0.25) is 0 Å². The Balaban J connectivity index is 1.57. The fourth-order valence-electron chi connectivity index (χ4n) is 2.93. The first-order valence-corrected chi connectivity index (χ1v) is 8.46. The van der Waals surface area contributed by atoms with E-state index in [0.29, 0.717) is 18.8 Å². The topological polar surface area (TPSA) is 95.7 Å². The zero-order chi connectivity index (χ0) is 19.4. The van der Waals surface area contributed by atoms with Gasteiger partial charge in [-0.05, 0) is 24.3 Å². The molecule has 0 bridgehead atoms. The lowest BCUT2D eigenvalue weighted by atomic mass is 10.1. The number of carbonyl (C=O) groups is 3. The number of benzene rings is 2. The molecule has 27 heavy (non-hydrogen) atoms. The number of imide groups is 1. The van der Waals surface area contributed by atoms with Gasteiger partial charge in [-0.15, -0.1) is 0 Å². The number of nitrogens with two attached hydrogens (primary N) is 1. The summed E-state index contributed by atoms with van der Waals surface area (Å²) in [6.45, 7) is 1.28. The number of nitrogens with one attached hydrogen (secondary N) is 1. The molecule has 1 saturated heterocycles. The quantitative estimate of drug-likeness (QED) is 0.608. The molecule has 1 aliphatic heterocycles. The minimum Gasteiger partial charge on any atom is -0.398 e. The van der Waals surface area contributed by atoms with Crippen LogP contribution in [0.1, 0.15) is 10.4 Å². The summed E-state index contributed by atoms with van der Waals surface area (Å²) in [4.78, 5) is 39.7. The number of para-hydroxylation sites is 2. The first kappa shape index (κ1) is 18.4. The molecule has 8 heteroatoms. The largest absolute Gasteiger partial charge is 0.398 e. The van der Waals surface area contributed by atoms with Crippen LogP contribution in [-0.4, -0.2) is 48.8 Å². The molecule has 0 unspecified atom stereocenters. The van der Waals surface area contributed by atoms with Crippen molar-refractivity contribution in [2.24, 2.45) is 0 Å². The molecule has 140 valence electrons. The molecule has 3 amide bonds. The molecule has 2 aromatic rings. The van der Waals surface area contributed by atoms with Gasteiger partial charge in [0.25, 0.3) is 5.91 Å². The highest BCUT2D eigenvalue weighted by atomic mass is 19.1. The zero-order valence-electron chi connectivity index (χ0n) is 14.5. The minimum absolute atomic E-state index is 0.128. The Morgan fingerprint density at radius 3 is 2.22 bits per heavy atom. The van der Waals surface area contributed by atoms with E-state index in [0.717, 1.165) is 0 Å². The van der Waals surface area contributed by atoms with Crippen molar-refractivity contribution >= 4 is 29.1 Å². The molecule has 3 rings (SSSR count). The van der Waals surface area contributed by atoms with E-state index in [9.17, 15) is 18.8 Å². The van der Waals surface area contributed by atoms with Crippen LogP contribution < -0.4 is 16.0 Å². The Hall–Kier alpha value is -3.42. The van der Waals surface area contributed by atoms with E-state index in [4.69, 9.17) is 5.73 Å². The van der Waals surface area contributed by atoms with Gasteiger partial charge in [0, 0.05) is 31.9 Å². The summed E-state index contributed by atoms with van der Waals surface area (Å²) < 4.78 is 13.9. The van der Waals surface area contributed by atoms with Crippen LogP contribution in [0, 0.1) is 5.82 Å². The van der Waals surface area contributed by atoms with E-state index in [1.165, 1.54) is 23.1 Å². The maximum atomic E-state index is 13.9. The van der Waals surface area contributed by atoms with Gasteiger partial charge in [-0.1, -0.05) is 24.3 Å². The van der Waals surface area contributed by atoms with E-state index in [1.54, 1.807) is 30.3 Å². The molecule has 0 radical (unpaired) electrons. The van der Waals surface area contributed by atoms with Crippen LogP contribution in [0.5, 0.6) is 0 Å². The molecule has 0 saturated carbocycles. The number of amides is 3. The number of nitrogen functional groups attached to an aromatic ring is 1. The smallest absolute Gasteiger partial charge is 0.316 e. The van der Waals surface area contributed by atoms with Crippen molar-refractivity contribution in [1.82, 2.24) is 10.2 Å². The average Bonchev–Trinajstić information content (AvgIpc) is 2.68. The molecular formula is C19H19FN4O3. The van der Waals surface area contributed by atoms with Gasteiger partial charge < -0.3 is 15.5 Å². The minimum atomic E-state index is -1.01. The molecule has 0 aliphatic carbocycles. The molecular weight excluding hydrogens is 351 g/mol. The number of carbonyl (C=O) groups excluding carboxylic acids is 3. The van der Waals surface area contributed by atoms with Crippen LogP contribution >= 0.6 is 0 Å². The lowest BCUT2D eigenvalue weighted by Gasteiger charge is -2.35.